The summed E-state index contributed by atoms with van der Waals surface area (Å²) in [7, 11) is 0. The van der Waals surface area contributed by atoms with E-state index in [1.165, 1.54) is 11.1 Å². The smallest absolute Gasteiger partial charge is 0.201 e. The Bertz CT molecular complexity index is 502. The second-order valence-electron chi connectivity index (χ2n) is 3.77. The Balaban J connectivity index is 2.70. The molecule has 15 heavy (non-hydrogen) atoms. The highest BCUT2D eigenvalue weighted by Crippen LogP contribution is 2.21. The number of nitrogen functional groups attached to an aromatic ring is 1. The molecule has 0 unspecified atom stereocenters. The van der Waals surface area contributed by atoms with Crippen LogP contribution in [0.25, 0.3) is 11.0 Å². The first-order valence-corrected chi connectivity index (χ1v) is 4.97. The lowest BCUT2D eigenvalue weighted by Gasteiger charge is -2.04. The lowest BCUT2D eigenvalue weighted by molar-refractivity contribution is 0.278. The van der Waals surface area contributed by atoms with E-state index in [1.807, 2.05) is 10.6 Å². The molecule has 0 radical (unpaired) electrons. The van der Waals surface area contributed by atoms with Crippen molar-refractivity contribution in [3.05, 3.63) is 23.3 Å². The number of nitrogens with zero attached hydrogens (tertiary/aromatic N) is 2. The van der Waals surface area contributed by atoms with Gasteiger partial charge in [-0.25, -0.2) is 4.98 Å². The van der Waals surface area contributed by atoms with Crippen LogP contribution in [0.15, 0.2) is 12.1 Å². The maximum atomic E-state index is 8.94. The Morgan fingerprint density at radius 3 is 2.67 bits per heavy atom. The quantitative estimate of drug-likeness (QED) is 0.775. The number of aliphatic hydroxyl groups is 1. The zero-order valence-electron chi connectivity index (χ0n) is 8.99. The first-order chi connectivity index (χ1) is 7.13. The zero-order chi connectivity index (χ0) is 11.0. The van der Waals surface area contributed by atoms with Crippen LogP contribution in [-0.4, -0.2) is 21.3 Å². The number of fused-ring (bicyclic) bond motifs is 1. The highest BCUT2D eigenvalue weighted by molar-refractivity contribution is 5.80. The molecule has 0 saturated carbocycles. The number of imidazole rings is 1. The topological polar surface area (TPSA) is 64.1 Å². The number of anilines is 1. The number of hydrogen-bond acceptors (Lipinski definition) is 3. The summed E-state index contributed by atoms with van der Waals surface area (Å²) in [6, 6.07) is 4.08. The van der Waals surface area contributed by atoms with E-state index in [-0.39, 0.29) is 6.61 Å². The average molecular weight is 205 g/mol. The Hall–Kier alpha value is -1.55. The Kier molecular flexibility index (Phi) is 2.36. The van der Waals surface area contributed by atoms with Gasteiger partial charge in [0.1, 0.15) is 0 Å². The van der Waals surface area contributed by atoms with E-state index in [0.717, 1.165) is 11.0 Å². The molecular weight excluding hydrogens is 190 g/mol. The minimum atomic E-state index is 0.0720. The molecule has 0 spiro atoms. The summed E-state index contributed by atoms with van der Waals surface area (Å²) in [5, 5.41) is 8.94. The Morgan fingerprint density at radius 2 is 2.00 bits per heavy atom. The number of aliphatic hydroxyl groups excluding tert-OH is 1. The van der Waals surface area contributed by atoms with Crippen molar-refractivity contribution in [3.63, 3.8) is 0 Å². The third-order valence-electron chi connectivity index (χ3n) is 2.72. The first kappa shape index (κ1) is 9.98. The summed E-state index contributed by atoms with van der Waals surface area (Å²) < 4.78 is 1.84. The van der Waals surface area contributed by atoms with Crippen LogP contribution in [0.3, 0.4) is 0 Å². The zero-order valence-corrected chi connectivity index (χ0v) is 8.99. The van der Waals surface area contributed by atoms with E-state index in [1.54, 1.807) is 0 Å². The van der Waals surface area contributed by atoms with Crippen LogP contribution in [0.1, 0.15) is 11.1 Å². The van der Waals surface area contributed by atoms with Crippen LogP contribution < -0.4 is 5.73 Å². The molecule has 0 amide bonds. The second kappa shape index (κ2) is 3.55. The van der Waals surface area contributed by atoms with Crippen LogP contribution in [0.2, 0.25) is 0 Å². The molecule has 2 rings (SSSR count). The van der Waals surface area contributed by atoms with E-state index in [9.17, 15) is 0 Å². The highest BCUT2D eigenvalue weighted by atomic mass is 16.3. The molecule has 0 aliphatic carbocycles. The van der Waals surface area contributed by atoms with E-state index < -0.39 is 0 Å². The minimum absolute atomic E-state index is 0.0720. The van der Waals surface area contributed by atoms with Gasteiger partial charge in [-0.3, -0.25) is 0 Å². The standard InChI is InChI=1S/C11H15N3O/c1-7-5-9-10(6-8(7)2)14(3-4-15)11(12)13-9/h5-6,15H,3-4H2,1-2H3,(H2,12,13). The predicted octanol–water partition coefficient (Wildman–Crippen LogP) is 1.23. The molecule has 0 aliphatic rings. The van der Waals surface area contributed by atoms with Gasteiger partial charge in [0.05, 0.1) is 17.6 Å². The largest absolute Gasteiger partial charge is 0.395 e. The number of hydrogen-bond donors (Lipinski definition) is 2. The fourth-order valence-electron chi connectivity index (χ4n) is 1.73. The van der Waals surface area contributed by atoms with Gasteiger partial charge in [0, 0.05) is 6.54 Å². The van der Waals surface area contributed by atoms with Crippen molar-refractivity contribution in [2.24, 2.45) is 0 Å². The number of rotatable bonds is 2. The number of benzene rings is 1. The van der Waals surface area contributed by atoms with Crippen LogP contribution in [0.4, 0.5) is 5.95 Å². The van der Waals surface area contributed by atoms with Crippen molar-refractivity contribution < 1.29 is 5.11 Å². The van der Waals surface area contributed by atoms with Crippen molar-refractivity contribution in [1.82, 2.24) is 9.55 Å². The Morgan fingerprint density at radius 1 is 1.33 bits per heavy atom. The van der Waals surface area contributed by atoms with Gasteiger partial charge in [-0.05, 0) is 37.1 Å². The van der Waals surface area contributed by atoms with Gasteiger partial charge in [0.25, 0.3) is 0 Å². The number of nitrogens with two attached hydrogens (primary N) is 1. The third kappa shape index (κ3) is 1.57. The molecule has 0 saturated heterocycles. The van der Waals surface area contributed by atoms with Gasteiger partial charge < -0.3 is 15.4 Å². The molecule has 1 aromatic heterocycles. The lowest BCUT2D eigenvalue weighted by atomic mass is 10.1. The van der Waals surface area contributed by atoms with Gasteiger partial charge in [-0.1, -0.05) is 0 Å². The van der Waals surface area contributed by atoms with Gasteiger partial charge >= 0.3 is 0 Å². The molecule has 1 heterocycles. The number of aromatic nitrogens is 2. The SMILES string of the molecule is Cc1cc2nc(N)n(CCO)c2cc1C. The summed E-state index contributed by atoms with van der Waals surface area (Å²) in [5.74, 6) is 0.462. The molecule has 1 aromatic carbocycles. The predicted molar refractivity (Wildman–Crippen MR) is 60.7 cm³/mol. The fourth-order valence-corrected chi connectivity index (χ4v) is 1.73. The number of aryl methyl sites for hydroxylation is 2. The third-order valence-corrected chi connectivity index (χ3v) is 2.72. The van der Waals surface area contributed by atoms with Crippen molar-refractivity contribution in [2.45, 2.75) is 20.4 Å². The van der Waals surface area contributed by atoms with Crippen molar-refractivity contribution in [1.29, 1.82) is 0 Å². The van der Waals surface area contributed by atoms with Gasteiger partial charge in [-0.2, -0.15) is 0 Å². The van der Waals surface area contributed by atoms with Gasteiger partial charge in [0.2, 0.25) is 5.95 Å². The van der Waals surface area contributed by atoms with Crippen molar-refractivity contribution >= 4 is 17.0 Å². The summed E-state index contributed by atoms with van der Waals surface area (Å²) in [4.78, 5) is 4.26. The van der Waals surface area contributed by atoms with Crippen molar-refractivity contribution in [3.8, 4) is 0 Å². The Labute approximate surface area is 88.3 Å². The molecular formula is C11H15N3O. The maximum absolute atomic E-state index is 8.94. The molecule has 4 nitrogen and oxygen atoms in total. The average Bonchev–Trinajstić information content (AvgIpc) is 2.46. The molecule has 0 atom stereocenters. The normalized spacial score (nSPS) is 11.1. The second-order valence-corrected chi connectivity index (χ2v) is 3.77. The molecule has 4 heteroatoms. The van der Waals surface area contributed by atoms with E-state index in [0.29, 0.717) is 12.5 Å². The van der Waals surface area contributed by atoms with Crippen LogP contribution in [0.5, 0.6) is 0 Å². The maximum Gasteiger partial charge on any atom is 0.201 e. The minimum Gasteiger partial charge on any atom is -0.395 e. The van der Waals surface area contributed by atoms with E-state index >= 15 is 0 Å². The first-order valence-electron chi connectivity index (χ1n) is 4.97. The lowest BCUT2D eigenvalue weighted by Crippen LogP contribution is -2.06. The van der Waals surface area contributed by atoms with E-state index in [2.05, 4.69) is 24.9 Å². The van der Waals surface area contributed by atoms with Crippen LogP contribution in [-0.2, 0) is 6.54 Å². The molecule has 80 valence electrons. The molecule has 3 N–H and O–H groups in total. The molecule has 2 aromatic rings. The summed E-state index contributed by atoms with van der Waals surface area (Å²) in [6.45, 7) is 4.67. The van der Waals surface area contributed by atoms with E-state index in [4.69, 9.17) is 10.8 Å². The summed E-state index contributed by atoms with van der Waals surface area (Å²) >= 11 is 0. The highest BCUT2D eigenvalue weighted by Gasteiger charge is 2.08. The summed E-state index contributed by atoms with van der Waals surface area (Å²) in [5.41, 5.74) is 10.1. The molecule has 0 aliphatic heterocycles. The van der Waals surface area contributed by atoms with Crippen molar-refractivity contribution in [2.75, 3.05) is 12.3 Å². The van der Waals surface area contributed by atoms with Gasteiger partial charge in [0.15, 0.2) is 0 Å². The van der Waals surface area contributed by atoms with Gasteiger partial charge in [-0.15, -0.1) is 0 Å². The monoisotopic (exact) mass is 205 g/mol. The molecule has 0 bridgehead atoms. The van der Waals surface area contributed by atoms with Crippen LogP contribution in [0, 0.1) is 13.8 Å². The molecule has 0 fully saturated rings. The summed E-state index contributed by atoms with van der Waals surface area (Å²) in [6.07, 6.45) is 0. The fraction of sp³-hybridized carbons (Fsp3) is 0.364. The van der Waals surface area contributed by atoms with Crippen LogP contribution >= 0.6 is 0 Å².